The minimum absolute atomic E-state index is 0.182. The third-order valence-corrected chi connectivity index (χ3v) is 3.19. The Bertz CT molecular complexity index is 480. The number of aryl methyl sites for hydroxylation is 1. The van der Waals surface area contributed by atoms with E-state index in [4.69, 9.17) is 11.6 Å². The fourth-order valence-corrected chi connectivity index (χ4v) is 2.08. The first-order valence-corrected chi connectivity index (χ1v) is 5.86. The Labute approximate surface area is 102 Å². The fraction of sp³-hybridized carbons (Fsp3) is 0.200. The summed E-state index contributed by atoms with van der Waals surface area (Å²) in [6.45, 7) is 2.32. The van der Waals surface area contributed by atoms with E-state index in [1.165, 1.54) is 11.3 Å². The molecule has 0 bridgehead atoms. The summed E-state index contributed by atoms with van der Waals surface area (Å²) in [6, 6.07) is 5.05. The lowest BCUT2D eigenvalue weighted by Gasteiger charge is -2.06. The van der Waals surface area contributed by atoms with Crippen LogP contribution < -0.4 is 5.32 Å². The van der Waals surface area contributed by atoms with Crippen molar-refractivity contribution in [2.75, 3.05) is 5.32 Å². The summed E-state index contributed by atoms with van der Waals surface area (Å²) in [5, 5.41) is 22.6. The lowest BCUT2D eigenvalue weighted by molar-refractivity contribution is 0.469. The Hall–Kier alpha value is -1.33. The van der Waals surface area contributed by atoms with Gasteiger partial charge in [-0.3, -0.25) is 0 Å². The van der Waals surface area contributed by atoms with E-state index in [-0.39, 0.29) is 5.75 Å². The summed E-state index contributed by atoms with van der Waals surface area (Å²) >= 11 is 7.43. The third kappa shape index (κ3) is 2.43. The summed E-state index contributed by atoms with van der Waals surface area (Å²) in [7, 11) is 0. The third-order valence-electron chi connectivity index (χ3n) is 2.04. The molecule has 0 atom stereocenters. The van der Waals surface area contributed by atoms with E-state index in [2.05, 4.69) is 15.5 Å². The molecular formula is C10H10ClN3OS. The van der Waals surface area contributed by atoms with Crippen molar-refractivity contribution < 1.29 is 5.11 Å². The molecule has 1 heterocycles. The van der Waals surface area contributed by atoms with Crippen LogP contribution in [-0.2, 0) is 6.54 Å². The quantitative estimate of drug-likeness (QED) is 0.886. The number of aromatic hydroxyl groups is 1. The number of nitrogens with zero attached hydrogens (tertiary/aromatic N) is 2. The molecule has 0 aliphatic heterocycles. The van der Waals surface area contributed by atoms with Gasteiger partial charge < -0.3 is 10.4 Å². The summed E-state index contributed by atoms with van der Waals surface area (Å²) in [5.41, 5.74) is 0.664. The molecule has 1 aromatic heterocycles. The van der Waals surface area contributed by atoms with Gasteiger partial charge in [0.05, 0.1) is 0 Å². The minimum Gasteiger partial charge on any atom is -0.508 e. The van der Waals surface area contributed by atoms with Crippen molar-refractivity contribution in [3.8, 4) is 5.75 Å². The van der Waals surface area contributed by atoms with Crippen LogP contribution in [0, 0.1) is 6.92 Å². The molecule has 0 amide bonds. The van der Waals surface area contributed by atoms with Crippen molar-refractivity contribution in [3.05, 3.63) is 33.8 Å². The van der Waals surface area contributed by atoms with Gasteiger partial charge in [0.25, 0.3) is 0 Å². The molecule has 2 N–H and O–H groups in total. The van der Waals surface area contributed by atoms with Crippen LogP contribution in [0.15, 0.2) is 18.2 Å². The Morgan fingerprint density at radius 1 is 1.44 bits per heavy atom. The fourth-order valence-electron chi connectivity index (χ4n) is 1.25. The molecule has 84 valence electrons. The molecule has 0 saturated carbocycles. The van der Waals surface area contributed by atoms with Crippen LogP contribution in [0.2, 0.25) is 5.02 Å². The average molecular weight is 256 g/mol. The van der Waals surface area contributed by atoms with Crippen LogP contribution in [0.3, 0.4) is 0 Å². The van der Waals surface area contributed by atoms with E-state index in [9.17, 15) is 5.11 Å². The van der Waals surface area contributed by atoms with Crippen molar-refractivity contribution in [3.63, 3.8) is 0 Å². The standard InChI is InChI=1S/C10H10ClN3OS/c1-6-13-14-10(16-6)12-5-7-8(11)3-2-4-9(7)15/h2-4,15H,5H2,1H3,(H,12,14). The van der Waals surface area contributed by atoms with E-state index in [0.717, 1.165) is 10.1 Å². The summed E-state index contributed by atoms with van der Waals surface area (Å²) in [6.07, 6.45) is 0. The maximum absolute atomic E-state index is 9.62. The largest absolute Gasteiger partial charge is 0.508 e. The monoisotopic (exact) mass is 255 g/mol. The molecule has 0 aliphatic carbocycles. The van der Waals surface area contributed by atoms with Gasteiger partial charge >= 0.3 is 0 Å². The van der Waals surface area contributed by atoms with E-state index in [0.29, 0.717) is 17.1 Å². The predicted octanol–water partition coefficient (Wildman–Crippen LogP) is 2.82. The van der Waals surface area contributed by atoms with Crippen LogP contribution in [0.5, 0.6) is 5.75 Å². The molecule has 4 nitrogen and oxygen atoms in total. The number of rotatable bonds is 3. The van der Waals surface area contributed by atoms with E-state index in [1.807, 2.05) is 6.92 Å². The van der Waals surface area contributed by atoms with Gasteiger partial charge in [0.1, 0.15) is 10.8 Å². The molecule has 6 heteroatoms. The maximum atomic E-state index is 9.62. The first kappa shape index (κ1) is 11.2. The summed E-state index contributed by atoms with van der Waals surface area (Å²) < 4.78 is 0. The summed E-state index contributed by atoms with van der Waals surface area (Å²) in [4.78, 5) is 0. The molecule has 0 spiro atoms. The number of anilines is 1. The smallest absolute Gasteiger partial charge is 0.205 e. The van der Waals surface area contributed by atoms with Gasteiger partial charge in [0, 0.05) is 17.1 Å². The van der Waals surface area contributed by atoms with Crippen LogP contribution >= 0.6 is 22.9 Å². The highest BCUT2D eigenvalue weighted by Crippen LogP contribution is 2.26. The van der Waals surface area contributed by atoms with Gasteiger partial charge in [-0.15, -0.1) is 10.2 Å². The first-order valence-electron chi connectivity index (χ1n) is 4.67. The first-order chi connectivity index (χ1) is 7.66. The second-order valence-electron chi connectivity index (χ2n) is 3.22. The van der Waals surface area contributed by atoms with Gasteiger partial charge in [0.15, 0.2) is 0 Å². The molecule has 1 aromatic carbocycles. The highest BCUT2D eigenvalue weighted by molar-refractivity contribution is 7.15. The van der Waals surface area contributed by atoms with Crippen molar-refractivity contribution in [1.29, 1.82) is 0 Å². The van der Waals surface area contributed by atoms with E-state index < -0.39 is 0 Å². The lowest BCUT2D eigenvalue weighted by Crippen LogP contribution is -2.00. The van der Waals surface area contributed by atoms with Crippen LogP contribution in [-0.4, -0.2) is 15.3 Å². The Morgan fingerprint density at radius 3 is 2.88 bits per heavy atom. The number of hydrogen-bond acceptors (Lipinski definition) is 5. The highest BCUT2D eigenvalue weighted by atomic mass is 35.5. The second kappa shape index (κ2) is 4.67. The van der Waals surface area contributed by atoms with E-state index >= 15 is 0 Å². The van der Waals surface area contributed by atoms with Crippen LogP contribution in [0.4, 0.5) is 5.13 Å². The number of halogens is 1. The lowest BCUT2D eigenvalue weighted by atomic mass is 10.2. The SMILES string of the molecule is Cc1nnc(NCc2c(O)cccc2Cl)s1. The average Bonchev–Trinajstić information content (AvgIpc) is 2.63. The highest BCUT2D eigenvalue weighted by Gasteiger charge is 2.07. The number of benzene rings is 1. The zero-order valence-corrected chi connectivity index (χ0v) is 10.1. The zero-order chi connectivity index (χ0) is 11.5. The van der Waals surface area contributed by atoms with Gasteiger partial charge in [-0.1, -0.05) is 29.0 Å². The predicted molar refractivity (Wildman–Crippen MR) is 65.1 cm³/mol. The number of aromatic nitrogens is 2. The number of hydrogen-bond donors (Lipinski definition) is 2. The number of phenols is 1. The molecule has 16 heavy (non-hydrogen) atoms. The number of phenolic OH excluding ortho intramolecular Hbond substituents is 1. The number of nitrogens with one attached hydrogen (secondary N) is 1. The van der Waals surface area contributed by atoms with Gasteiger partial charge in [-0.05, 0) is 19.1 Å². The Kier molecular flexibility index (Phi) is 3.26. The molecular weight excluding hydrogens is 246 g/mol. The molecule has 2 rings (SSSR count). The van der Waals surface area contributed by atoms with Crippen molar-refractivity contribution in [1.82, 2.24) is 10.2 Å². The zero-order valence-electron chi connectivity index (χ0n) is 8.57. The Balaban J connectivity index is 2.10. The van der Waals surface area contributed by atoms with Gasteiger partial charge in [-0.2, -0.15) is 0 Å². The molecule has 0 aliphatic rings. The maximum Gasteiger partial charge on any atom is 0.205 e. The van der Waals surface area contributed by atoms with Crippen molar-refractivity contribution in [2.45, 2.75) is 13.5 Å². The Morgan fingerprint density at radius 2 is 2.25 bits per heavy atom. The molecule has 0 saturated heterocycles. The molecule has 0 fully saturated rings. The van der Waals surface area contributed by atoms with Crippen molar-refractivity contribution >= 4 is 28.1 Å². The molecule has 0 radical (unpaired) electrons. The summed E-state index contributed by atoms with van der Waals surface area (Å²) in [5.74, 6) is 0.182. The topological polar surface area (TPSA) is 58.0 Å². The van der Waals surface area contributed by atoms with Crippen molar-refractivity contribution in [2.24, 2.45) is 0 Å². The minimum atomic E-state index is 0.182. The van der Waals surface area contributed by atoms with Gasteiger partial charge in [0.2, 0.25) is 5.13 Å². The van der Waals surface area contributed by atoms with Gasteiger partial charge in [-0.25, -0.2) is 0 Å². The second-order valence-corrected chi connectivity index (χ2v) is 4.81. The normalized spacial score (nSPS) is 10.4. The molecule has 2 aromatic rings. The molecule has 0 unspecified atom stereocenters. The van der Waals surface area contributed by atoms with E-state index in [1.54, 1.807) is 18.2 Å². The van der Waals surface area contributed by atoms with Crippen LogP contribution in [0.1, 0.15) is 10.6 Å². The van der Waals surface area contributed by atoms with Crippen LogP contribution in [0.25, 0.3) is 0 Å².